The summed E-state index contributed by atoms with van der Waals surface area (Å²) < 4.78 is 10.0. The molecule has 0 unspecified atom stereocenters. The van der Waals surface area contributed by atoms with E-state index < -0.39 is 11.6 Å². The molecule has 0 bridgehead atoms. The van der Waals surface area contributed by atoms with Crippen LogP contribution in [0.15, 0.2) is 39.5 Å². The number of aromatic amines is 1. The Hall–Kier alpha value is -2.56. The van der Waals surface area contributed by atoms with Gasteiger partial charge in [-0.1, -0.05) is 0 Å². The molecular weight excluding hydrogens is 246 g/mol. The molecule has 2 heterocycles. The second-order valence-corrected chi connectivity index (χ2v) is 4.10. The average molecular weight is 257 g/mol. The molecule has 0 aliphatic heterocycles. The fourth-order valence-electron chi connectivity index (χ4n) is 2.08. The van der Waals surface area contributed by atoms with Crippen LogP contribution in [0, 0.1) is 0 Å². The van der Waals surface area contributed by atoms with Crippen LogP contribution in [0.2, 0.25) is 0 Å². The summed E-state index contributed by atoms with van der Waals surface area (Å²) in [6, 6.07) is 8.22. The molecule has 5 nitrogen and oxygen atoms in total. The predicted octanol–water partition coefficient (Wildman–Crippen LogP) is 2.45. The third-order valence-electron chi connectivity index (χ3n) is 2.90. The maximum Gasteiger partial charge on any atom is 0.354 e. The first-order valence-corrected chi connectivity index (χ1v) is 5.92. The highest BCUT2D eigenvalue weighted by molar-refractivity contribution is 6.07. The molecule has 2 aromatic heterocycles. The predicted molar refractivity (Wildman–Crippen MR) is 70.3 cm³/mol. The van der Waals surface area contributed by atoms with Crippen molar-refractivity contribution >= 4 is 27.8 Å². The van der Waals surface area contributed by atoms with Crippen LogP contribution < -0.4 is 5.63 Å². The van der Waals surface area contributed by atoms with Crippen LogP contribution in [0.1, 0.15) is 17.4 Å². The molecule has 1 aromatic carbocycles. The number of hydrogen-bond donors (Lipinski definition) is 1. The van der Waals surface area contributed by atoms with Gasteiger partial charge in [0.05, 0.1) is 6.61 Å². The van der Waals surface area contributed by atoms with Gasteiger partial charge in [-0.3, -0.25) is 0 Å². The van der Waals surface area contributed by atoms with Gasteiger partial charge in [0.2, 0.25) is 0 Å². The molecule has 0 spiro atoms. The van der Waals surface area contributed by atoms with E-state index in [0.717, 1.165) is 16.3 Å². The molecular formula is C14H11NO4. The van der Waals surface area contributed by atoms with Crippen LogP contribution in [0.4, 0.5) is 0 Å². The summed E-state index contributed by atoms with van der Waals surface area (Å²) in [5.41, 5.74) is 1.28. The summed E-state index contributed by atoms with van der Waals surface area (Å²) in [5.74, 6) is -0.399. The smallest absolute Gasteiger partial charge is 0.354 e. The van der Waals surface area contributed by atoms with E-state index in [2.05, 4.69) is 4.98 Å². The zero-order valence-electron chi connectivity index (χ0n) is 10.2. The Balaban J connectivity index is 2.25. The second kappa shape index (κ2) is 4.28. The molecule has 0 saturated heterocycles. The molecule has 0 amide bonds. The first-order chi connectivity index (χ1) is 9.19. The Morgan fingerprint density at radius 1 is 1.26 bits per heavy atom. The number of ether oxygens (including phenoxy) is 1. The van der Waals surface area contributed by atoms with Crippen LogP contribution in [0.3, 0.4) is 0 Å². The van der Waals surface area contributed by atoms with Gasteiger partial charge < -0.3 is 14.1 Å². The monoisotopic (exact) mass is 257 g/mol. The molecule has 19 heavy (non-hydrogen) atoms. The Morgan fingerprint density at radius 2 is 2.11 bits per heavy atom. The van der Waals surface area contributed by atoms with E-state index in [0.29, 0.717) is 17.9 Å². The van der Waals surface area contributed by atoms with Crippen molar-refractivity contribution in [3.8, 4) is 0 Å². The van der Waals surface area contributed by atoms with Crippen LogP contribution >= 0.6 is 0 Å². The minimum atomic E-state index is -0.399. The third-order valence-corrected chi connectivity index (χ3v) is 2.90. The first kappa shape index (κ1) is 11.5. The largest absolute Gasteiger partial charge is 0.461 e. The summed E-state index contributed by atoms with van der Waals surface area (Å²) in [6.07, 6.45) is 0. The van der Waals surface area contributed by atoms with Crippen molar-refractivity contribution in [1.29, 1.82) is 0 Å². The third kappa shape index (κ3) is 1.89. The fourth-order valence-corrected chi connectivity index (χ4v) is 2.08. The molecule has 96 valence electrons. The van der Waals surface area contributed by atoms with Crippen LogP contribution in [-0.2, 0) is 4.74 Å². The van der Waals surface area contributed by atoms with Gasteiger partial charge in [0.15, 0.2) is 0 Å². The summed E-state index contributed by atoms with van der Waals surface area (Å²) >= 11 is 0. The zero-order chi connectivity index (χ0) is 13.4. The molecule has 3 aromatic rings. The van der Waals surface area contributed by atoms with Crippen molar-refractivity contribution in [2.45, 2.75) is 6.92 Å². The summed E-state index contributed by atoms with van der Waals surface area (Å²) in [6.45, 7) is 2.08. The lowest BCUT2D eigenvalue weighted by atomic mass is 10.1. The minimum Gasteiger partial charge on any atom is -0.461 e. The summed E-state index contributed by atoms with van der Waals surface area (Å²) in [4.78, 5) is 25.8. The number of esters is 1. The first-order valence-electron chi connectivity index (χ1n) is 5.92. The van der Waals surface area contributed by atoms with E-state index in [9.17, 15) is 9.59 Å². The van der Waals surface area contributed by atoms with Crippen molar-refractivity contribution in [3.05, 3.63) is 46.4 Å². The topological polar surface area (TPSA) is 72.3 Å². The number of carbonyl (C=O) groups excluding carboxylic acids is 1. The molecule has 0 aliphatic rings. The highest BCUT2D eigenvalue weighted by Gasteiger charge is 2.12. The molecule has 1 N–H and O–H groups in total. The number of rotatable bonds is 2. The summed E-state index contributed by atoms with van der Waals surface area (Å²) in [5, 5.41) is 1.60. The van der Waals surface area contributed by atoms with Gasteiger partial charge in [0.1, 0.15) is 11.3 Å². The summed E-state index contributed by atoms with van der Waals surface area (Å²) in [7, 11) is 0. The quantitative estimate of drug-likeness (QED) is 0.565. The van der Waals surface area contributed by atoms with Crippen LogP contribution in [0.25, 0.3) is 21.9 Å². The van der Waals surface area contributed by atoms with Crippen molar-refractivity contribution in [1.82, 2.24) is 4.98 Å². The van der Waals surface area contributed by atoms with E-state index in [-0.39, 0.29) is 0 Å². The van der Waals surface area contributed by atoms with Crippen molar-refractivity contribution in [2.24, 2.45) is 0 Å². The van der Waals surface area contributed by atoms with Gasteiger partial charge in [-0.05, 0) is 31.2 Å². The average Bonchev–Trinajstić information content (AvgIpc) is 2.82. The number of H-pyrrole nitrogens is 1. The Bertz CT molecular complexity index is 828. The number of nitrogens with one attached hydrogen (secondary N) is 1. The standard InChI is InChI=1S/C14H11NO4/c1-2-18-14(17)11-7-9-8-3-6-13(16)19-12(8)5-4-10(9)15-11/h3-7,15H,2H2,1H3. The van der Waals surface area contributed by atoms with Crippen LogP contribution in [-0.4, -0.2) is 17.6 Å². The fraction of sp³-hybridized carbons (Fsp3) is 0.143. The number of aromatic nitrogens is 1. The van der Waals surface area contributed by atoms with Gasteiger partial charge in [0, 0.05) is 22.4 Å². The van der Waals surface area contributed by atoms with E-state index in [1.807, 2.05) is 0 Å². The van der Waals surface area contributed by atoms with Gasteiger partial charge >= 0.3 is 11.6 Å². The molecule has 0 fully saturated rings. The van der Waals surface area contributed by atoms with E-state index in [4.69, 9.17) is 9.15 Å². The Morgan fingerprint density at radius 3 is 2.89 bits per heavy atom. The molecule has 3 rings (SSSR count). The second-order valence-electron chi connectivity index (χ2n) is 4.10. The van der Waals surface area contributed by atoms with Crippen molar-refractivity contribution < 1.29 is 13.9 Å². The SMILES string of the molecule is CCOC(=O)c1cc2c(ccc3oc(=O)ccc32)[nH]1. The molecule has 0 aliphatic carbocycles. The minimum absolute atomic E-state index is 0.323. The lowest BCUT2D eigenvalue weighted by Gasteiger charge is -1.96. The molecule has 0 saturated carbocycles. The molecule has 0 atom stereocenters. The van der Waals surface area contributed by atoms with Gasteiger partial charge in [-0.2, -0.15) is 0 Å². The van der Waals surface area contributed by atoms with E-state index in [1.165, 1.54) is 6.07 Å². The lowest BCUT2D eigenvalue weighted by molar-refractivity contribution is 0.0520. The number of hydrogen-bond acceptors (Lipinski definition) is 4. The number of carbonyl (C=O) groups is 1. The maximum atomic E-state index is 11.7. The van der Waals surface area contributed by atoms with Gasteiger partial charge in [-0.25, -0.2) is 9.59 Å². The van der Waals surface area contributed by atoms with Gasteiger partial charge in [-0.15, -0.1) is 0 Å². The van der Waals surface area contributed by atoms with Crippen molar-refractivity contribution in [2.75, 3.05) is 6.61 Å². The van der Waals surface area contributed by atoms with Gasteiger partial charge in [0.25, 0.3) is 0 Å². The lowest BCUT2D eigenvalue weighted by Crippen LogP contribution is -2.04. The normalized spacial score (nSPS) is 11.0. The number of fused-ring (bicyclic) bond motifs is 3. The molecule has 5 heteroatoms. The number of benzene rings is 1. The molecule has 0 radical (unpaired) electrons. The Kier molecular flexibility index (Phi) is 2.59. The van der Waals surface area contributed by atoms with E-state index >= 15 is 0 Å². The Labute approximate surface area is 107 Å². The van der Waals surface area contributed by atoms with Crippen molar-refractivity contribution in [3.63, 3.8) is 0 Å². The van der Waals surface area contributed by atoms with Crippen LogP contribution in [0.5, 0.6) is 0 Å². The van der Waals surface area contributed by atoms with E-state index in [1.54, 1.807) is 31.2 Å². The highest BCUT2D eigenvalue weighted by Crippen LogP contribution is 2.25. The highest BCUT2D eigenvalue weighted by atomic mass is 16.5. The maximum absolute atomic E-state index is 11.7. The zero-order valence-corrected chi connectivity index (χ0v) is 10.2.